The summed E-state index contributed by atoms with van der Waals surface area (Å²) in [6.07, 6.45) is 4.77. The number of benzene rings is 1. The van der Waals surface area contributed by atoms with E-state index in [-0.39, 0.29) is 23.1 Å². The third-order valence-corrected chi connectivity index (χ3v) is 4.40. The average Bonchev–Trinajstić information content (AvgIpc) is 2.52. The van der Waals surface area contributed by atoms with E-state index in [4.69, 9.17) is 5.73 Å². The molecule has 4 nitrogen and oxygen atoms in total. The third kappa shape index (κ3) is 4.68. The fourth-order valence-corrected chi connectivity index (χ4v) is 2.75. The van der Waals surface area contributed by atoms with Crippen molar-refractivity contribution in [1.82, 2.24) is 4.90 Å². The number of nitrogens with two attached hydrogens (primary N) is 1. The van der Waals surface area contributed by atoms with Gasteiger partial charge in [0.25, 0.3) is 0 Å². The molecule has 2 rings (SSSR count). The molecule has 2 amide bonds. The first-order valence-electron chi connectivity index (χ1n) is 8.14. The monoisotopic (exact) mass is 314 g/mol. The predicted molar refractivity (Wildman–Crippen MR) is 92.7 cm³/mol. The van der Waals surface area contributed by atoms with Crippen molar-refractivity contribution in [2.24, 2.45) is 11.7 Å². The molecule has 1 saturated heterocycles. The van der Waals surface area contributed by atoms with E-state index in [1.165, 1.54) is 5.56 Å². The molecule has 0 radical (unpaired) electrons. The van der Waals surface area contributed by atoms with Crippen molar-refractivity contribution in [3.05, 3.63) is 41.5 Å². The van der Waals surface area contributed by atoms with E-state index in [1.54, 1.807) is 11.0 Å². The minimum absolute atomic E-state index is 0.00665. The first-order valence-corrected chi connectivity index (χ1v) is 8.14. The van der Waals surface area contributed by atoms with E-state index < -0.39 is 0 Å². The van der Waals surface area contributed by atoms with E-state index in [2.05, 4.69) is 32.9 Å². The van der Waals surface area contributed by atoms with E-state index in [1.807, 2.05) is 18.2 Å². The van der Waals surface area contributed by atoms with Crippen LogP contribution in [-0.2, 0) is 15.0 Å². The zero-order valence-corrected chi connectivity index (χ0v) is 14.2. The van der Waals surface area contributed by atoms with Crippen LogP contribution < -0.4 is 5.73 Å². The van der Waals surface area contributed by atoms with Crippen LogP contribution in [0.25, 0.3) is 6.08 Å². The number of hydrogen-bond acceptors (Lipinski definition) is 2. The molecule has 2 N–H and O–H groups in total. The number of amides is 2. The van der Waals surface area contributed by atoms with Crippen molar-refractivity contribution < 1.29 is 9.59 Å². The lowest BCUT2D eigenvalue weighted by Gasteiger charge is -2.29. The second kappa shape index (κ2) is 6.99. The van der Waals surface area contributed by atoms with Crippen LogP contribution in [-0.4, -0.2) is 29.8 Å². The minimum Gasteiger partial charge on any atom is -0.369 e. The van der Waals surface area contributed by atoms with Gasteiger partial charge in [0.1, 0.15) is 0 Å². The highest BCUT2D eigenvalue weighted by atomic mass is 16.2. The molecule has 1 aromatic rings. The molecule has 0 spiro atoms. The lowest BCUT2D eigenvalue weighted by Crippen LogP contribution is -2.41. The number of likely N-dealkylation sites (tertiary alicyclic amines) is 1. The zero-order valence-electron chi connectivity index (χ0n) is 14.2. The van der Waals surface area contributed by atoms with Gasteiger partial charge in [0.15, 0.2) is 0 Å². The van der Waals surface area contributed by atoms with Crippen molar-refractivity contribution in [1.29, 1.82) is 0 Å². The molecular weight excluding hydrogens is 288 g/mol. The number of rotatable bonds is 3. The Morgan fingerprint density at radius 3 is 2.17 bits per heavy atom. The van der Waals surface area contributed by atoms with Gasteiger partial charge in [-0.15, -0.1) is 0 Å². The third-order valence-electron chi connectivity index (χ3n) is 4.40. The summed E-state index contributed by atoms with van der Waals surface area (Å²) in [7, 11) is 0. The van der Waals surface area contributed by atoms with Crippen molar-refractivity contribution in [3.63, 3.8) is 0 Å². The molecule has 1 aliphatic rings. The van der Waals surface area contributed by atoms with Gasteiger partial charge in [0, 0.05) is 25.1 Å². The highest BCUT2D eigenvalue weighted by molar-refractivity contribution is 5.92. The van der Waals surface area contributed by atoms with Gasteiger partial charge in [-0.3, -0.25) is 9.59 Å². The second-order valence-electron chi connectivity index (χ2n) is 7.21. The number of nitrogens with zero attached hydrogens (tertiary/aromatic N) is 1. The van der Waals surface area contributed by atoms with Crippen molar-refractivity contribution in [3.8, 4) is 0 Å². The van der Waals surface area contributed by atoms with Crippen LogP contribution in [0.4, 0.5) is 0 Å². The molecule has 1 aromatic carbocycles. The van der Waals surface area contributed by atoms with Gasteiger partial charge in [0.2, 0.25) is 11.8 Å². The molecule has 0 unspecified atom stereocenters. The van der Waals surface area contributed by atoms with Gasteiger partial charge in [0.05, 0.1) is 0 Å². The Bertz CT molecular complexity index is 589. The summed E-state index contributed by atoms with van der Waals surface area (Å²) in [5.74, 6) is -0.354. The minimum atomic E-state index is -0.258. The Kier molecular flexibility index (Phi) is 5.24. The van der Waals surface area contributed by atoms with Crippen LogP contribution in [0.5, 0.6) is 0 Å². The highest BCUT2D eigenvalue weighted by Crippen LogP contribution is 2.22. The number of carbonyl (C=O) groups excluding carboxylic acids is 2. The largest absolute Gasteiger partial charge is 0.369 e. The SMILES string of the molecule is CC(C)(C)c1ccc(/C=C\C(=O)N2CCC(C(N)=O)CC2)cc1. The quantitative estimate of drug-likeness (QED) is 0.872. The smallest absolute Gasteiger partial charge is 0.246 e. The Hall–Kier alpha value is -2.10. The summed E-state index contributed by atoms with van der Waals surface area (Å²) in [5, 5.41) is 0. The Balaban J connectivity index is 1.93. The molecule has 4 heteroatoms. The molecule has 0 saturated carbocycles. The Morgan fingerprint density at radius 1 is 1.13 bits per heavy atom. The van der Waals surface area contributed by atoms with Gasteiger partial charge in [-0.1, -0.05) is 45.0 Å². The first-order chi connectivity index (χ1) is 10.8. The maximum absolute atomic E-state index is 12.2. The predicted octanol–water partition coefficient (Wildman–Crippen LogP) is 2.72. The molecule has 0 atom stereocenters. The van der Waals surface area contributed by atoms with Gasteiger partial charge >= 0.3 is 0 Å². The summed E-state index contributed by atoms with van der Waals surface area (Å²) < 4.78 is 0. The van der Waals surface area contributed by atoms with Crippen LogP contribution in [0.3, 0.4) is 0 Å². The average molecular weight is 314 g/mol. The zero-order chi connectivity index (χ0) is 17.0. The maximum Gasteiger partial charge on any atom is 0.246 e. The summed E-state index contributed by atoms with van der Waals surface area (Å²) >= 11 is 0. The van der Waals surface area contributed by atoms with E-state index in [0.717, 1.165) is 5.56 Å². The van der Waals surface area contributed by atoms with Crippen LogP contribution in [0.2, 0.25) is 0 Å². The van der Waals surface area contributed by atoms with E-state index in [0.29, 0.717) is 25.9 Å². The first kappa shape index (κ1) is 17.3. The molecule has 124 valence electrons. The topological polar surface area (TPSA) is 63.4 Å². The molecule has 0 bridgehead atoms. The van der Waals surface area contributed by atoms with Gasteiger partial charge < -0.3 is 10.6 Å². The number of carbonyl (C=O) groups is 2. The lowest BCUT2D eigenvalue weighted by molar-refractivity contribution is -0.130. The fraction of sp³-hybridized carbons (Fsp3) is 0.474. The standard InChI is InChI=1S/C19H26N2O2/c1-19(2,3)16-7-4-14(5-8-16)6-9-17(22)21-12-10-15(11-13-21)18(20)23/h4-9,15H,10-13H2,1-3H3,(H2,20,23)/b9-6-. The lowest BCUT2D eigenvalue weighted by atomic mass is 9.87. The van der Waals surface area contributed by atoms with Crippen LogP contribution in [0.15, 0.2) is 30.3 Å². The number of hydrogen-bond donors (Lipinski definition) is 1. The van der Waals surface area contributed by atoms with Crippen LogP contribution >= 0.6 is 0 Å². The molecule has 0 aromatic heterocycles. The summed E-state index contributed by atoms with van der Waals surface area (Å²) in [6, 6.07) is 8.26. The molecule has 1 heterocycles. The summed E-state index contributed by atoms with van der Waals surface area (Å²) in [6.45, 7) is 7.73. The molecular formula is C19H26N2O2. The van der Waals surface area contributed by atoms with Crippen molar-refractivity contribution in [2.45, 2.75) is 39.0 Å². The van der Waals surface area contributed by atoms with E-state index >= 15 is 0 Å². The van der Waals surface area contributed by atoms with Crippen molar-refractivity contribution in [2.75, 3.05) is 13.1 Å². The summed E-state index contributed by atoms with van der Waals surface area (Å²) in [4.78, 5) is 25.1. The molecule has 1 fully saturated rings. The van der Waals surface area contributed by atoms with Gasteiger partial charge in [-0.05, 0) is 35.5 Å². The Labute approximate surface area is 138 Å². The molecule has 1 aliphatic heterocycles. The van der Waals surface area contributed by atoms with E-state index in [9.17, 15) is 9.59 Å². The Morgan fingerprint density at radius 2 is 1.70 bits per heavy atom. The highest BCUT2D eigenvalue weighted by Gasteiger charge is 2.24. The van der Waals surface area contributed by atoms with Gasteiger partial charge in [-0.25, -0.2) is 0 Å². The van der Waals surface area contributed by atoms with Crippen LogP contribution in [0.1, 0.15) is 44.7 Å². The fourth-order valence-electron chi connectivity index (χ4n) is 2.75. The number of piperidine rings is 1. The molecule has 0 aliphatic carbocycles. The molecule has 23 heavy (non-hydrogen) atoms. The maximum atomic E-state index is 12.2. The van der Waals surface area contributed by atoms with Gasteiger partial charge in [-0.2, -0.15) is 0 Å². The number of primary amides is 1. The summed E-state index contributed by atoms with van der Waals surface area (Å²) in [5.41, 5.74) is 7.72. The van der Waals surface area contributed by atoms with Crippen molar-refractivity contribution >= 4 is 17.9 Å². The van der Waals surface area contributed by atoms with Crippen LogP contribution in [0, 0.1) is 5.92 Å². The normalized spacial score (nSPS) is 16.7. The second-order valence-corrected chi connectivity index (χ2v) is 7.21.